The predicted molar refractivity (Wildman–Crippen MR) is 82.1 cm³/mol. The predicted octanol–water partition coefficient (Wildman–Crippen LogP) is 0.619. The number of nitrogens with one attached hydrogen (secondary N) is 1. The molecule has 1 saturated heterocycles. The summed E-state index contributed by atoms with van der Waals surface area (Å²) in [6.07, 6.45) is 7.56. The largest absolute Gasteiger partial charge is 0.327 e. The summed E-state index contributed by atoms with van der Waals surface area (Å²) < 4.78 is 6.02. The molecule has 116 valence electrons. The summed E-state index contributed by atoms with van der Waals surface area (Å²) in [7, 11) is 0. The molecule has 6 heteroatoms. The van der Waals surface area contributed by atoms with Gasteiger partial charge in [-0.05, 0) is 12.8 Å². The molecule has 3 fully saturated rings. The zero-order chi connectivity index (χ0) is 15.5. The third-order valence-corrected chi connectivity index (χ3v) is 7.67. The molecule has 0 aromatic rings. The molecule has 2 aliphatic carbocycles. The maximum absolute atomic E-state index is 10.2. The molecule has 2 heterocycles. The second-order valence-corrected chi connectivity index (χ2v) is 8.20. The van der Waals surface area contributed by atoms with Crippen LogP contribution in [0.2, 0.25) is 0 Å². The summed E-state index contributed by atoms with van der Waals surface area (Å²) in [5, 5.41) is 19.4. The molecule has 2 spiro atoms. The van der Waals surface area contributed by atoms with Crippen LogP contribution in [0.25, 0.3) is 0 Å². The number of hydrogen-bond acceptors (Lipinski definition) is 5. The zero-order valence-electron chi connectivity index (χ0n) is 12.7. The van der Waals surface area contributed by atoms with Gasteiger partial charge in [0.2, 0.25) is 0 Å². The van der Waals surface area contributed by atoms with Crippen molar-refractivity contribution in [3.63, 3.8) is 0 Å². The lowest BCUT2D eigenvalue weighted by Gasteiger charge is -2.30. The summed E-state index contributed by atoms with van der Waals surface area (Å²) in [5.41, 5.74) is 4.25. The average molecular weight is 317 g/mol. The molecular weight excluding hydrogens is 296 g/mol. The van der Waals surface area contributed by atoms with Gasteiger partial charge in [-0.25, -0.2) is 4.99 Å². The first-order valence-corrected chi connectivity index (χ1v) is 9.16. The molecule has 4 aliphatic rings. The van der Waals surface area contributed by atoms with E-state index in [1.54, 1.807) is 11.8 Å². The summed E-state index contributed by atoms with van der Waals surface area (Å²) in [4.78, 5) is 3.21. The second kappa shape index (κ2) is 4.40. The van der Waals surface area contributed by atoms with Crippen molar-refractivity contribution in [2.24, 2.45) is 22.0 Å². The molecule has 2 aliphatic heterocycles. The van der Waals surface area contributed by atoms with Crippen LogP contribution in [0.1, 0.15) is 44.9 Å². The summed E-state index contributed by atoms with van der Waals surface area (Å²) in [6, 6.07) is 5.02. The Morgan fingerprint density at radius 2 is 1.77 bits per heavy atom. The van der Waals surface area contributed by atoms with Crippen LogP contribution in [0.4, 0.5) is 0 Å². The van der Waals surface area contributed by atoms with Crippen molar-refractivity contribution in [3.05, 3.63) is 0 Å². The van der Waals surface area contributed by atoms with E-state index in [9.17, 15) is 10.5 Å². The van der Waals surface area contributed by atoms with Crippen LogP contribution in [0.15, 0.2) is 0 Å². The second-order valence-electron chi connectivity index (χ2n) is 6.93. The molecule has 22 heavy (non-hydrogen) atoms. The SMILES string of the molecule is N#C[C@@]12C3(CCCCCCC3)[C@]1(C#N)C(N)=[NH+][C@@]21OCCS1. The van der Waals surface area contributed by atoms with Gasteiger partial charge in [-0.1, -0.05) is 43.9 Å². The van der Waals surface area contributed by atoms with Gasteiger partial charge >= 0.3 is 0 Å². The van der Waals surface area contributed by atoms with Crippen LogP contribution in [-0.4, -0.2) is 23.3 Å². The van der Waals surface area contributed by atoms with Gasteiger partial charge in [0.25, 0.3) is 10.9 Å². The number of rotatable bonds is 0. The van der Waals surface area contributed by atoms with Crippen LogP contribution >= 0.6 is 11.8 Å². The number of amidine groups is 1. The lowest BCUT2D eigenvalue weighted by molar-refractivity contribution is -0.585. The molecule has 2 saturated carbocycles. The van der Waals surface area contributed by atoms with E-state index in [1.807, 2.05) is 0 Å². The lowest BCUT2D eigenvalue weighted by Crippen LogP contribution is -2.88. The van der Waals surface area contributed by atoms with Crippen molar-refractivity contribution in [3.8, 4) is 12.1 Å². The van der Waals surface area contributed by atoms with E-state index in [1.165, 1.54) is 19.3 Å². The normalized spacial score (nSPS) is 45.5. The van der Waals surface area contributed by atoms with Gasteiger partial charge in [0.1, 0.15) is 0 Å². The first-order chi connectivity index (χ1) is 10.7. The Morgan fingerprint density at radius 3 is 2.32 bits per heavy atom. The van der Waals surface area contributed by atoms with E-state index >= 15 is 0 Å². The molecule has 3 atom stereocenters. The summed E-state index contributed by atoms with van der Waals surface area (Å²) in [6.45, 7) is 0.603. The van der Waals surface area contributed by atoms with Crippen molar-refractivity contribution in [2.75, 3.05) is 12.4 Å². The molecular formula is C16H21N4OS+. The molecule has 0 unspecified atom stereocenters. The van der Waals surface area contributed by atoms with Gasteiger partial charge in [0, 0.05) is 11.2 Å². The Hall–Kier alpha value is -1.24. The van der Waals surface area contributed by atoms with Gasteiger partial charge in [-0.3, -0.25) is 5.73 Å². The van der Waals surface area contributed by atoms with Crippen LogP contribution in [0.3, 0.4) is 0 Å². The van der Waals surface area contributed by atoms with E-state index in [0.717, 1.165) is 31.4 Å². The number of nitrogens with zero attached hydrogens (tertiary/aromatic N) is 2. The third-order valence-electron chi connectivity index (χ3n) is 6.37. The molecule has 0 amide bonds. The maximum Gasteiger partial charge on any atom is 0.277 e. The topological polar surface area (TPSA) is 96.8 Å². The number of ether oxygens (including phenoxy) is 1. The highest BCUT2D eigenvalue weighted by molar-refractivity contribution is 8.00. The highest BCUT2D eigenvalue weighted by Crippen LogP contribution is 2.87. The molecule has 3 N–H and O–H groups in total. The number of thioether (sulfide) groups is 1. The van der Waals surface area contributed by atoms with Gasteiger partial charge in [-0.2, -0.15) is 10.5 Å². The Kier molecular flexibility index (Phi) is 2.87. The first kappa shape index (κ1) is 14.4. The molecule has 0 bridgehead atoms. The number of nitrogens with two attached hydrogens (primary N) is 1. The quantitative estimate of drug-likeness (QED) is 0.682. The van der Waals surface area contributed by atoms with E-state index in [4.69, 9.17) is 10.5 Å². The molecule has 0 aromatic heterocycles. The zero-order valence-corrected chi connectivity index (χ0v) is 13.5. The van der Waals surface area contributed by atoms with Crippen LogP contribution in [-0.2, 0) is 4.74 Å². The smallest absolute Gasteiger partial charge is 0.277 e. The van der Waals surface area contributed by atoms with E-state index in [2.05, 4.69) is 17.1 Å². The van der Waals surface area contributed by atoms with Gasteiger partial charge in [-0.15, -0.1) is 0 Å². The molecule has 0 aromatic carbocycles. The minimum atomic E-state index is -0.885. The highest BCUT2D eigenvalue weighted by Gasteiger charge is 3.02. The Balaban J connectivity index is 1.89. The van der Waals surface area contributed by atoms with Crippen molar-refractivity contribution >= 4 is 17.6 Å². The number of nitriles is 2. The number of fused-ring (bicyclic) bond motifs is 4. The van der Waals surface area contributed by atoms with Crippen molar-refractivity contribution in [1.29, 1.82) is 10.5 Å². The van der Waals surface area contributed by atoms with Crippen LogP contribution in [0, 0.1) is 38.9 Å². The highest BCUT2D eigenvalue weighted by atomic mass is 32.2. The van der Waals surface area contributed by atoms with Gasteiger partial charge in [0.05, 0.1) is 18.7 Å². The standard InChI is InChI=1S/C16H20N4OS/c17-10-14-12(19)20-16(21-8-9-22-16)15(14,11-18)13(14)6-4-2-1-3-5-7-13/h1-9H2,(H2,19,20)/p+1/t14-,15+,16+/m0/s1. The van der Waals surface area contributed by atoms with Crippen molar-refractivity contribution < 1.29 is 9.73 Å². The van der Waals surface area contributed by atoms with Gasteiger partial charge < -0.3 is 4.74 Å². The minimum Gasteiger partial charge on any atom is -0.327 e. The monoisotopic (exact) mass is 317 g/mol. The lowest BCUT2D eigenvalue weighted by atomic mass is 9.79. The van der Waals surface area contributed by atoms with E-state index in [0.29, 0.717) is 12.4 Å². The van der Waals surface area contributed by atoms with Gasteiger partial charge in [0.15, 0.2) is 10.8 Å². The molecule has 5 nitrogen and oxygen atoms in total. The fourth-order valence-corrected chi connectivity index (χ4v) is 6.97. The fourth-order valence-electron chi connectivity index (χ4n) is 5.55. The Bertz CT molecular complexity index is 619. The van der Waals surface area contributed by atoms with Crippen LogP contribution < -0.4 is 10.7 Å². The number of hydrogen-bond donors (Lipinski definition) is 2. The molecule has 0 radical (unpaired) electrons. The summed E-state index contributed by atoms with van der Waals surface area (Å²) in [5.74, 6) is 1.30. The van der Waals surface area contributed by atoms with E-state index < -0.39 is 15.9 Å². The van der Waals surface area contributed by atoms with Crippen molar-refractivity contribution in [2.45, 2.75) is 50.0 Å². The minimum absolute atomic E-state index is 0.337. The van der Waals surface area contributed by atoms with E-state index in [-0.39, 0.29) is 5.41 Å². The Labute approximate surface area is 134 Å². The molecule has 4 rings (SSSR count). The summed E-state index contributed by atoms with van der Waals surface area (Å²) >= 11 is 1.62. The van der Waals surface area contributed by atoms with Crippen molar-refractivity contribution in [1.82, 2.24) is 0 Å². The Morgan fingerprint density at radius 1 is 1.09 bits per heavy atom. The third kappa shape index (κ3) is 1.18. The first-order valence-electron chi connectivity index (χ1n) is 8.18. The van der Waals surface area contributed by atoms with Crippen LogP contribution in [0.5, 0.6) is 0 Å². The fraction of sp³-hybridized carbons (Fsp3) is 0.812. The maximum atomic E-state index is 10.2. The average Bonchev–Trinajstić information content (AvgIpc) is 2.74.